The number of hydrogen-bond donors (Lipinski definition) is 2. The molecule has 1 heterocycles. The van der Waals surface area contributed by atoms with Gasteiger partial charge >= 0.3 is 0 Å². The molecule has 0 unspecified atom stereocenters. The van der Waals surface area contributed by atoms with Gasteiger partial charge in [-0.15, -0.1) is 0 Å². The number of nitrogens with one attached hydrogen (secondary N) is 1. The fourth-order valence-electron chi connectivity index (χ4n) is 1.24. The van der Waals surface area contributed by atoms with E-state index >= 15 is 0 Å². The van der Waals surface area contributed by atoms with Crippen LogP contribution in [-0.4, -0.2) is 17.1 Å². The van der Waals surface area contributed by atoms with Crippen molar-refractivity contribution in [1.82, 2.24) is 5.16 Å². The molecule has 1 amide bonds. The molecule has 0 radical (unpaired) electrons. The van der Waals surface area contributed by atoms with Gasteiger partial charge in [-0.3, -0.25) is 10.1 Å². The number of carbonyl (C=O) groups is 1. The van der Waals surface area contributed by atoms with Gasteiger partial charge in [0.1, 0.15) is 0 Å². The quantitative estimate of drug-likeness (QED) is 0.815. The number of aromatic nitrogens is 1. The molecule has 0 aliphatic heterocycles. The number of nitrogens with two attached hydrogens (primary N) is 1. The van der Waals surface area contributed by atoms with Crippen LogP contribution >= 0.6 is 0 Å². The molecule has 5 heteroatoms. The number of carbonyl (C=O) groups excluding carboxylic acids is 1. The van der Waals surface area contributed by atoms with Crippen LogP contribution in [0.2, 0.25) is 0 Å². The highest BCUT2D eigenvalue weighted by molar-refractivity contribution is 5.94. The maximum absolute atomic E-state index is 11.8. The van der Waals surface area contributed by atoms with Crippen molar-refractivity contribution < 1.29 is 9.32 Å². The van der Waals surface area contributed by atoms with E-state index < -0.39 is 6.04 Å². The van der Waals surface area contributed by atoms with Crippen molar-refractivity contribution in [2.75, 3.05) is 5.32 Å². The van der Waals surface area contributed by atoms with Crippen LogP contribution in [0.25, 0.3) is 0 Å². The van der Waals surface area contributed by atoms with Crippen LogP contribution in [-0.2, 0) is 4.79 Å². The lowest BCUT2D eigenvalue weighted by Crippen LogP contribution is -2.40. The number of anilines is 1. The average molecular weight is 225 g/mol. The van der Waals surface area contributed by atoms with E-state index in [0.29, 0.717) is 5.88 Å². The molecule has 2 atom stereocenters. The summed E-state index contributed by atoms with van der Waals surface area (Å²) in [6, 6.07) is -0.519. The van der Waals surface area contributed by atoms with Gasteiger partial charge in [0.2, 0.25) is 11.8 Å². The van der Waals surface area contributed by atoms with E-state index in [0.717, 1.165) is 17.7 Å². The molecule has 0 saturated heterocycles. The SMILES string of the molecule is CC[C@H](C)[C@H](N)C(=O)Nc1onc(C)c1C. The summed E-state index contributed by atoms with van der Waals surface area (Å²) in [6.45, 7) is 7.61. The first-order valence-electron chi connectivity index (χ1n) is 5.46. The average Bonchev–Trinajstić information content (AvgIpc) is 2.58. The molecule has 16 heavy (non-hydrogen) atoms. The van der Waals surface area contributed by atoms with E-state index in [1.54, 1.807) is 0 Å². The van der Waals surface area contributed by atoms with Gasteiger partial charge in [0.05, 0.1) is 11.7 Å². The minimum absolute atomic E-state index is 0.143. The Hall–Kier alpha value is -1.36. The zero-order valence-corrected chi connectivity index (χ0v) is 10.2. The van der Waals surface area contributed by atoms with Gasteiger partial charge in [0, 0.05) is 5.56 Å². The minimum atomic E-state index is -0.519. The highest BCUT2D eigenvalue weighted by Crippen LogP contribution is 2.18. The molecular formula is C11H19N3O2. The molecule has 1 rings (SSSR count). The van der Waals surface area contributed by atoms with Gasteiger partial charge in [-0.05, 0) is 19.8 Å². The first-order chi connectivity index (χ1) is 7.47. The number of hydrogen-bond acceptors (Lipinski definition) is 4. The lowest BCUT2D eigenvalue weighted by molar-refractivity contribution is -0.118. The Labute approximate surface area is 95.4 Å². The zero-order chi connectivity index (χ0) is 12.3. The molecule has 0 bridgehead atoms. The third-order valence-electron chi connectivity index (χ3n) is 2.95. The summed E-state index contributed by atoms with van der Waals surface area (Å²) in [5, 5.41) is 6.42. The third kappa shape index (κ3) is 2.61. The molecule has 3 N–H and O–H groups in total. The maximum Gasteiger partial charge on any atom is 0.243 e. The van der Waals surface area contributed by atoms with E-state index in [4.69, 9.17) is 10.3 Å². The van der Waals surface area contributed by atoms with Gasteiger partial charge in [0.25, 0.3) is 0 Å². The molecule has 0 fully saturated rings. The van der Waals surface area contributed by atoms with Crippen molar-refractivity contribution >= 4 is 11.8 Å². The monoisotopic (exact) mass is 225 g/mol. The molecule has 0 aromatic carbocycles. The summed E-state index contributed by atoms with van der Waals surface area (Å²) in [4.78, 5) is 11.8. The fraction of sp³-hybridized carbons (Fsp3) is 0.636. The van der Waals surface area contributed by atoms with Crippen molar-refractivity contribution in [3.05, 3.63) is 11.3 Å². The van der Waals surface area contributed by atoms with Gasteiger partial charge in [-0.1, -0.05) is 25.4 Å². The van der Waals surface area contributed by atoms with Crippen molar-refractivity contribution in [3.63, 3.8) is 0 Å². The second-order valence-electron chi connectivity index (χ2n) is 4.12. The number of aryl methyl sites for hydroxylation is 1. The Morgan fingerprint density at radius 3 is 2.62 bits per heavy atom. The Morgan fingerprint density at radius 2 is 2.19 bits per heavy atom. The molecule has 0 saturated carbocycles. The van der Waals surface area contributed by atoms with Crippen molar-refractivity contribution in [2.45, 2.75) is 40.2 Å². The Morgan fingerprint density at radius 1 is 1.56 bits per heavy atom. The van der Waals surface area contributed by atoms with E-state index in [9.17, 15) is 4.79 Å². The van der Waals surface area contributed by atoms with E-state index in [1.165, 1.54) is 0 Å². The van der Waals surface area contributed by atoms with Crippen LogP contribution in [0.3, 0.4) is 0 Å². The highest BCUT2D eigenvalue weighted by Gasteiger charge is 2.21. The molecule has 5 nitrogen and oxygen atoms in total. The third-order valence-corrected chi connectivity index (χ3v) is 2.95. The van der Waals surface area contributed by atoms with Gasteiger partial charge < -0.3 is 10.3 Å². The lowest BCUT2D eigenvalue weighted by atomic mass is 9.99. The largest absolute Gasteiger partial charge is 0.338 e. The Bertz CT molecular complexity index is 373. The number of nitrogens with zero attached hydrogens (tertiary/aromatic N) is 1. The van der Waals surface area contributed by atoms with Gasteiger partial charge in [-0.25, -0.2) is 0 Å². The smallest absolute Gasteiger partial charge is 0.243 e. The number of amides is 1. The Balaban J connectivity index is 2.68. The summed E-state index contributed by atoms with van der Waals surface area (Å²) in [5.41, 5.74) is 7.41. The molecular weight excluding hydrogens is 206 g/mol. The first kappa shape index (κ1) is 12.7. The lowest BCUT2D eigenvalue weighted by Gasteiger charge is -2.16. The normalized spacial score (nSPS) is 14.6. The van der Waals surface area contributed by atoms with Crippen LogP contribution in [0.5, 0.6) is 0 Å². The van der Waals surface area contributed by atoms with E-state index in [-0.39, 0.29) is 11.8 Å². The van der Waals surface area contributed by atoms with Crippen LogP contribution in [0.4, 0.5) is 5.88 Å². The Kier molecular flexibility index (Phi) is 4.06. The van der Waals surface area contributed by atoms with Crippen LogP contribution in [0.15, 0.2) is 4.52 Å². The summed E-state index contributed by atoms with van der Waals surface area (Å²) < 4.78 is 4.99. The minimum Gasteiger partial charge on any atom is -0.338 e. The molecule has 1 aromatic heterocycles. The standard InChI is InChI=1S/C11H19N3O2/c1-5-6(2)9(12)10(15)13-11-7(3)8(4)14-16-11/h6,9H,5,12H2,1-4H3,(H,13,15)/t6-,9-/m0/s1. The van der Waals surface area contributed by atoms with Crippen LogP contribution in [0.1, 0.15) is 31.5 Å². The predicted octanol–water partition coefficient (Wildman–Crippen LogP) is 1.60. The van der Waals surface area contributed by atoms with Crippen molar-refractivity contribution in [2.24, 2.45) is 11.7 Å². The molecule has 0 aliphatic rings. The van der Waals surface area contributed by atoms with Gasteiger partial charge in [-0.2, -0.15) is 0 Å². The summed E-state index contributed by atoms with van der Waals surface area (Å²) in [7, 11) is 0. The van der Waals surface area contributed by atoms with Crippen molar-refractivity contribution in [3.8, 4) is 0 Å². The van der Waals surface area contributed by atoms with Crippen LogP contribution < -0.4 is 11.1 Å². The van der Waals surface area contributed by atoms with E-state index in [2.05, 4.69) is 10.5 Å². The summed E-state index contributed by atoms with van der Waals surface area (Å²) in [5.74, 6) is 0.305. The van der Waals surface area contributed by atoms with E-state index in [1.807, 2.05) is 27.7 Å². The predicted molar refractivity (Wildman–Crippen MR) is 62.0 cm³/mol. The second-order valence-corrected chi connectivity index (χ2v) is 4.12. The molecule has 90 valence electrons. The maximum atomic E-state index is 11.8. The highest BCUT2D eigenvalue weighted by atomic mass is 16.5. The van der Waals surface area contributed by atoms with Gasteiger partial charge in [0.15, 0.2) is 0 Å². The fourth-order valence-corrected chi connectivity index (χ4v) is 1.24. The number of rotatable bonds is 4. The molecule has 0 aliphatic carbocycles. The molecule has 0 spiro atoms. The first-order valence-corrected chi connectivity index (χ1v) is 5.46. The molecule has 1 aromatic rings. The second kappa shape index (κ2) is 5.12. The van der Waals surface area contributed by atoms with Crippen LogP contribution in [0, 0.1) is 19.8 Å². The van der Waals surface area contributed by atoms with Crippen molar-refractivity contribution in [1.29, 1.82) is 0 Å². The zero-order valence-electron chi connectivity index (χ0n) is 10.2. The summed E-state index contributed by atoms with van der Waals surface area (Å²) >= 11 is 0. The topological polar surface area (TPSA) is 81.2 Å². The summed E-state index contributed by atoms with van der Waals surface area (Å²) in [6.07, 6.45) is 0.864.